The van der Waals surface area contributed by atoms with E-state index in [4.69, 9.17) is 20.8 Å². The summed E-state index contributed by atoms with van der Waals surface area (Å²) in [6.07, 6.45) is 0. The molecule has 0 bridgehead atoms. The normalized spacial score (nSPS) is 10.4. The van der Waals surface area contributed by atoms with Gasteiger partial charge < -0.3 is 14.5 Å². The summed E-state index contributed by atoms with van der Waals surface area (Å²) in [5.41, 5.74) is 0. The number of amides is 1. The Morgan fingerprint density at radius 2 is 2.05 bits per heavy atom. The van der Waals surface area contributed by atoms with Crippen LogP contribution in [0.4, 0.5) is 0 Å². The molecule has 0 radical (unpaired) electrons. The summed E-state index contributed by atoms with van der Waals surface area (Å²) in [5, 5.41) is 5.22. The van der Waals surface area contributed by atoms with Crippen molar-refractivity contribution in [3.63, 3.8) is 0 Å². The molecule has 1 aromatic carbocycles. The highest BCUT2D eigenvalue weighted by molar-refractivity contribution is 7.09. The van der Waals surface area contributed by atoms with Crippen LogP contribution in [0.25, 0.3) is 0 Å². The Kier molecular flexibility index (Phi) is 4.46. The summed E-state index contributed by atoms with van der Waals surface area (Å²) in [6.45, 7) is 0.470. The average molecular weight is 334 g/mol. The monoisotopic (exact) mass is 333 g/mol. The standard InChI is InChI=1S/C16H12ClNO3S/c17-12-5-1-2-6-13(12)20-15-8-7-14(21-15)16(19)18-10-11-4-3-9-22-11/h1-9H,10H2,(H,18,19). The van der Waals surface area contributed by atoms with Gasteiger partial charge in [0.2, 0.25) is 0 Å². The van der Waals surface area contributed by atoms with E-state index in [2.05, 4.69) is 5.32 Å². The molecule has 0 aliphatic carbocycles. The lowest BCUT2D eigenvalue weighted by atomic mass is 10.3. The van der Waals surface area contributed by atoms with Crippen LogP contribution in [0, 0.1) is 0 Å². The van der Waals surface area contributed by atoms with E-state index in [-0.39, 0.29) is 17.6 Å². The Hall–Kier alpha value is -2.24. The first-order valence-corrected chi connectivity index (χ1v) is 7.81. The third-order valence-electron chi connectivity index (χ3n) is 2.86. The van der Waals surface area contributed by atoms with E-state index in [1.807, 2.05) is 17.5 Å². The van der Waals surface area contributed by atoms with Crippen molar-refractivity contribution < 1.29 is 13.9 Å². The molecule has 0 aliphatic heterocycles. The van der Waals surface area contributed by atoms with Crippen molar-refractivity contribution in [3.05, 3.63) is 69.6 Å². The Labute approximate surface area is 136 Å². The molecule has 0 atom stereocenters. The van der Waals surface area contributed by atoms with Crippen LogP contribution in [0.2, 0.25) is 5.02 Å². The Morgan fingerprint density at radius 3 is 2.82 bits per heavy atom. The van der Waals surface area contributed by atoms with E-state index in [0.717, 1.165) is 4.88 Å². The fourth-order valence-corrected chi connectivity index (χ4v) is 2.62. The highest BCUT2D eigenvalue weighted by Crippen LogP contribution is 2.29. The molecule has 0 aliphatic rings. The summed E-state index contributed by atoms with van der Waals surface area (Å²) in [5.74, 6) is 0.597. The van der Waals surface area contributed by atoms with Crippen molar-refractivity contribution in [3.8, 4) is 11.7 Å². The molecule has 3 aromatic rings. The van der Waals surface area contributed by atoms with Gasteiger partial charge in [-0.25, -0.2) is 0 Å². The molecule has 0 saturated carbocycles. The molecule has 112 valence electrons. The first-order chi connectivity index (χ1) is 10.7. The van der Waals surface area contributed by atoms with E-state index in [1.165, 1.54) is 0 Å². The van der Waals surface area contributed by atoms with Crippen LogP contribution in [0.3, 0.4) is 0 Å². The largest absolute Gasteiger partial charge is 0.424 e. The summed E-state index contributed by atoms with van der Waals surface area (Å²) in [7, 11) is 0. The van der Waals surface area contributed by atoms with E-state index < -0.39 is 0 Å². The van der Waals surface area contributed by atoms with Crippen LogP contribution < -0.4 is 10.1 Å². The number of carbonyl (C=O) groups excluding carboxylic acids is 1. The molecule has 6 heteroatoms. The lowest BCUT2D eigenvalue weighted by molar-refractivity contribution is 0.0918. The molecular formula is C16H12ClNO3S. The lowest BCUT2D eigenvalue weighted by Gasteiger charge is -2.04. The number of para-hydroxylation sites is 1. The maximum atomic E-state index is 12.0. The molecule has 0 fully saturated rings. The number of benzene rings is 1. The number of nitrogens with one attached hydrogen (secondary N) is 1. The zero-order valence-electron chi connectivity index (χ0n) is 11.4. The van der Waals surface area contributed by atoms with E-state index in [9.17, 15) is 4.79 Å². The van der Waals surface area contributed by atoms with Crippen LogP contribution in [-0.4, -0.2) is 5.91 Å². The summed E-state index contributed by atoms with van der Waals surface area (Å²) in [4.78, 5) is 13.1. The highest BCUT2D eigenvalue weighted by atomic mass is 35.5. The number of hydrogen-bond donors (Lipinski definition) is 1. The second kappa shape index (κ2) is 6.68. The molecule has 1 amide bonds. The Balaban J connectivity index is 1.63. The molecule has 0 unspecified atom stereocenters. The van der Waals surface area contributed by atoms with Crippen LogP contribution in [-0.2, 0) is 6.54 Å². The van der Waals surface area contributed by atoms with Gasteiger partial charge in [0.05, 0.1) is 11.6 Å². The quantitative estimate of drug-likeness (QED) is 0.735. The Morgan fingerprint density at radius 1 is 1.18 bits per heavy atom. The van der Waals surface area contributed by atoms with Crippen molar-refractivity contribution in [2.24, 2.45) is 0 Å². The van der Waals surface area contributed by atoms with Crippen molar-refractivity contribution in [1.29, 1.82) is 0 Å². The van der Waals surface area contributed by atoms with E-state index in [0.29, 0.717) is 17.3 Å². The van der Waals surface area contributed by atoms with E-state index in [1.54, 1.807) is 47.7 Å². The minimum Gasteiger partial charge on any atom is -0.424 e. The number of furan rings is 1. The minimum atomic E-state index is -0.289. The van der Waals surface area contributed by atoms with Crippen molar-refractivity contribution in [2.45, 2.75) is 6.54 Å². The maximum absolute atomic E-state index is 12.0. The SMILES string of the molecule is O=C(NCc1cccs1)c1ccc(Oc2ccccc2Cl)o1. The molecule has 3 rings (SSSR count). The predicted octanol–water partition coefficient (Wildman–Crippen LogP) is 4.72. The van der Waals surface area contributed by atoms with Crippen molar-refractivity contribution >= 4 is 28.8 Å². The predicted molar refractivity (Wildman–Crippen MR) is 85.7 cm³/mol. The summed E-state index contributed by atoms with van der Waals surface area (Å²) in [6, 6.07) is 14.1. The topological polar surface area (TPSA) is 51.5 Å². The van der Waals surface area contributed by atoms with Crippen LogP contribution in [0.15, 0.2) is 58.3 Å². The minimum absolute atomic E-state index is 0.193. The maximum Gasteiger partial charge on any atom is 0.290 e. The van der Waals surface area contributed by atoms with E-state index >= 15 is 0 Å². The van der Waals surface area contributed by atoms with Gasteiger partial charge >= 0.3 is 0 Å². The number of carbonyl (C=O) groups is 1. The van der Waals surface area contributed by atoms with Crippen LogP contribution >= 0.6 is 22.9 Å². The van der Waals surface area contributed by atoms with Gasteiger partial charge in [-0.2, -0.15) is 0 Å². The van der Waals surface area contributed by atoms with Crippen molar-refractivity contribution in [2.75, 3.05) is 0 Å². The van der Waals surface area contributed by atoms with Gasteiger partial charge in [-0.15, -0.1) is 11.3 Å². The fourth-order valence-electron chi connectivity index (χ4n) is 1.80. The zero-order chi connectivity index (χ0) is 15.4. The first-order valence-electron chi connectivity index (χ1n) is 6.55. The van der Waals surface area contributed by atoms with Gasteiger partial charge in [0.15, 0.2) is 5.76 Å². The lowest BCUT2D eigenvalue weighted by Crippen LogP contribution is -2.21. The molecular weight excluding hydrogens is 322 g/mol. The average Bonchev–Trinajstić information content (AvgIpc) is 3.19. The molecule has 2 aromatic heterocycles. The van der Waals surface area contributed by atoms with Gasteiger partial charge in [0.25, 0.3) is 11.9 Å². The summed E-state index contributed by atoms with van der Waals surface area (Å²) >= 11 is 7.59. The number of hydrogen-bond acceptors (Lipinski definition) is 4. The highest BCUT2D eigenvalue weighted by Gasteiger charge is 2.13. The third-order valence-corrected chi connectivity index (χ3v) is 4.04. The van der Waals surface area contributed by atoms with Gasteiger partial charge in [0, 0.05) is 10.9 Å². The Bertz CT molecular complexity index is 767. The van der Waals surface area contributed by atoms with Crippen LogP contribution in [0.5, 0.6) is 11.7 Å². The molecule has 4 nitrogen and oxygen atoms in total. The molecule has 0 spiro atoms. The second-order valence-corrected chi connectivity index (χ2v) is 5.85. The molecule has 0 saturated heterocycles. The number of ether oxygens (including phenoxy) is 1. The first kappa shape index (κ1) is 14.7. The zero-order valence-corrected chi connectivity index (χ0v) is 13.0. The van der Waals surface area contributed by atoms with Gasteiger partial charge in [0.1, 0.15) is 5.75 Å². The summed E-state index contributed by atoms with van der Waals surface area (Å²) < 4.78 is 10.9. The fraction of sp³-hybridized carbons (Fsp3) is 0.0625. The third kappa shape index (κ3) is 3.50. The smallest absolute Gasteiger partial charge is 0.290 e. The van der Waals surface area contributed by atoms with Crippen LogP contribution in [0.1, 0.15) is 15.4 Å². The van der Waals surface area contributed by atoms with Gasteiger partial charge in [-0.05, 0) is 29.6 Å². The number of halogens is 1. The number of thiophene rings is 1. The molecule has 1 N–H and O–H groups in total. The van der Waals surface area contributed by atoms with Gasteiger partial charge in [-0.1, -0.05) is 29.8 Å². The molecule has 2 heterocycles. The van der Waals surface area contributed by atoms with Gasteiger partial charge in [-0.3, -0.25) is 4.79 Å². The molecule has 22 heavy (non-hydrogen) atoms. The second-order valence-electron chi connectivity index (χ2n) is 4.41. The number of rotatable bonds is 5. The van der Waals surface area contributed by atoms with Crippen molar-refractivity contribution in [1.82, 2.24) is 5.32 Å².